The van der Waals surface area contributed by atoms with E-state index in [0.717, 1.165) is 31.9 Å². The topological polar surface area (TPSA) is 223 Å². The summed E-state index contributed by atoms with van der Waals surface area (Å²) in [6, 6.07) is 0. The molecule has 0 spiro atoms. The Hall–Kier alpha value is -5.12. The van der Waals surface area contributed by atoms with Crippen molar-refractivity contribution in [1.82, 2.24) is 0 Å². The molecular weight excluding hydrogens is 789 g/mol. The van der Waals surface area contributed by atoms with Crippen LogP contribution < -0.4 is 10.1 Å². The van der Waals surface area contributed by atoms with Crippen LogP contribution in [0, 0.1) is 30.6 Å². The molecule has 3 heterocycles. The molecule has 3 aliphatic rings. The number of fused-ring (bicyclic) bond motifs is 14. The van der Waals surface area contributed by atoms with Crippen LogP contribution >= 0.6 is 0 Å². The van der Waals surface area contributed by atoms with Crippen LogP contribution in [0.2, 0.25) is 0 Å². The fourth-order valence-corrected chi connectivity index (χ4v) is 8.00. The maximum Gasteiger partial charge on any atom is 0.312 e. The van der Waals surface area contributed by atoms with Crippen molar-refractivity contribution in [3.63, 3.8) is 0 Å². The number of nitrogens with one attached hydrogen (secondary N) is 1. The van der Waals surface area contributed by atoms with Gasteiger partial charge in [-0.1, -0.05) is 77.8 Å². The number of oxime groups is 1. The highest BCUT2D eigenvalue weighted by molar-refractivity contribution is 6.23. The van der Waals surface area contributed by atoms with Crippen LogP contribution in [0.15, 0.2) is 41.3 Å². The number of rotatable bonds is 10. The van der Waals surface area contributed by atoms with Crippen molar-refractivity contribution in [2.24, 2.45) is 28.8 Å². The standard InChI is InChI=1S/C46H64N2O13/c1-12-14-15-19-30(13-2)61-47-22-31-36-41(54)34-33(40(31)53)35-43(28(8)39(34)52)60-46(10,44(35)55)58-21-20-32(57-11)25(5)42(59-29(9)49)27(7)38(51)26(6)37(50)23(3)17-16-18-24(4)45(56)48-36/h16-18,20-23,25-27,30,32,37-38,42,50-54H,12-15,19H2,1-11H3,(H,48,56)/b17-16+,21-20+,24-18+,47-22-. The molecule has 6 N–H and O–H groups in total. The zero-order chi connectivity index (χ0) is 45.5. The Morgan fingerprint density at radius 2 is 1.66 bits per heavy atom. The van der Waals surface area contributed by atoms with Gasteiger partial charge < -0.3 is 54.6 Å². The summed E-state index contributed by atoms with van der Waals surface area (Å²) in [6.45, 7) is 16.5. The smallest absolute Gasteiger partial charge is 0.312 e. The van der Waals surface area contributed by atoms with Gasteiger partial charge in [0.1, 0.15) is 29.5 Å². The molecule has 5 rings (SSSR count). The summed E-state index contributed by atoms with van der Waals surface area (Å²) in [4.78, 5) is 46.3. The molecule has 5 bridgehead atoms. The number of phenolic OH excluding ortho intramolecular Hbond substituents is 3. The van der Waals surface area contributed by atoms with E-state index in [1.54, 1.807) is 39.8 Å². The van der Waals surface area contributed by atoms with Gasteiger partial charge in [-0.15, -0.1) is 0 Å². The third-order valence-electron chi connectivity index (χ3n) is 12.0. The first-order chi connectivity index (χ1) is 28.8. The van der Waals surface area contributed by atoms with Gasteiger partial charge in [-0.3, -0.25) is 14.4 Å². The number of anilines is 1. The number of amides is 1. The van der Waals surface area contributed by atoms with Crippen LogP contribution in [0.25, 0.3) is 10.8 Å². The number of unbranched alkanes of at least 4 members (excludes halogenated alkanes) is 2. The molecule has 0 fully saturated rings. The number of hydrogen-bond acceptors (Lipinski definition) is 14. The summed E-state index contributed by atoms with van der Waals surface area (Å²) in [6.07, 6.45) is 8.67. The van der Waals surface area contributed by atoms with Crippen LogP contribution in [0.3, 0.4) is 0 Å². The molecule has 1 amide bonds. The summed E-state index contributed by atoms with van der Waals surface area (Å²) in [5.41, 5.74) is -0.546. The number of aromatic hydroxyl groups is 3. The van der Waals surface area contributed by atoms with E-state index < -0.39 is 88.8 Å². The molecule has 2 aromatic carbocycles. The molecule has 61 heavy (non-hydrogen) atoms. The van der Waals surface area contributed by atoms with Crippen LogP contribution in [0.5, 0.6) is 23.0 Å². The Bertz CT molecular complexity index is 2060. The lowest BCUT2D eigenvalue weighted by Crippen LogP contribution is -2.46. The van der Waals surface area contributed by atoms with Crippen molar-refractivity contribution in [1.29, 1.82) is 0 Å². The van der Waals surface area contributed by atoms with Crippen LogP contribution in [0.4, 0.5) is 5.69 Å². The van der Waals surface area contributed by atoms with Crippen molar-refractivity contribution >= 4 is 40.3 Å². The number of Topliss-reactive ketones (excluding diaryl/α,β-unsaturated/α-hetero) is 1. The van der Waals surface area contributed by atoms with Gasteiger partial charge in [-0.2, -0.15) is 0 Å². The van der Waals surface area contributed by atoms with Gasteiger partial charge in [0.05, 0.1) is 53.0 Å². The van der Waals surface area contributed by atoms with Crippen LogP contribution in [0.1, 0.15) is 116 Å². The van der Waals surface area contributed by atoms with Gasteiger partial charge in [-0.25, -0.2) is 0 Å². The number of ether oxygens (including phenoxy) is 4. The number of allylic oxidation sites excluding steroid dienone is 2. The first-order valence-corrected chi connectivity index (χ1v) is 21.0. The number of hydrogen-bond donors (Lipinski definition) is 6. The molecule has 10 atom stereocenters. The molecule has 3 aliphatic heterocycles. The number of carbonyl (C=O) groups is 3. The van der Waals surface area contributed by atoms with E-state index in [1.165, 1.54) is 53.2 Å². The lowest BCUT2D eigenvalue weighted by Gasteiger charge is -2.38. The number of benzene rings is 2. The molecule has 0 radical (unpaired) electrons. The van der Waals surface area contributed by atoms with Crippen molar-refractivity contribution in [2.75, 3.05) is 12.4 Å². The number of ketones is 1. The molecule has 2 aromatic rings. The second-order valence-electron chi connectivity index (χ2n) is 16.5. The van der Waals surface area contributed by atoms with Gasteiger partial charge in [0.2, 0.25) is 0 Å². The Morgan fingerprint density at radius 3 is 2.28 bits per heavy atom. The second-order valence-corrected chi connectivity index (χ2v) is 16.5. The Labute approximate surface area is 358 Å². The molecule has 336 valence electrons. The molecule has 0 saturated carbocycles. The van der Waals surface area contributed by atoms with E-state index in [0.29, 0.717) is 6.42 Å². The van der Waals surface area contributed by atoms with E-state index in [-0.39, 0.29) is 50.6 Å². The largest absolute Gasteiger partial charge is 0.507 e. The van der Waals surface area contributed by atoms with Crippen molar-refractivity contribution < 1.29 is 63.7 Å². The van der Waals surface area contributed by atoms with E-state index in [1.807, 2.05) is 6.92 Å². The minimum absolute atomic E-state index is 0.0409. The SMILES string of the molecule is CCCCCC(CC)O/N=C\c1c2c(O)c3c(O)c(C)c4c(c3c1O)C(=O)C(C)(O/C=C/C(OC)C(C)C(OC(C)=O)C(C)C(O)C(C)C(O)C(C)/C=C/C=C(\C)C(=O)N2)O4. The first kappa shape index (κ1) is 48.5. The van der Waals surface area contributed by atoms with Crippen molar-refractivity contribution in [2.45, 2.75) is 138 Å². The Morgan fingerprint density at radius 1 is 0.967 bits per heavy atom. The second kappa shape index (κ2) is 20.6. The highest BCUT2D eigenvalue weighted by Gasteiger charge is 2.50. The molecule has 0 aliphatic carbocycles. The van der Waals surface area contributed by atoms with Crippen molar-refractivity contribution in [3.8, 4) is 23.0 Å². The number of nitrogens with zero attached hydrogens (tertiary/aromatic N) is 1. The molecular formula is C46H64N2O13. The minimum Gasteiger partial charge on any atom is -0.507 e. The highest BCUT2D eigenvalue weighted by Crippen LogP contribution is 2.55. The zero-order valence-corrected chi connectivity index (χ0v) is 37.1. The van der Waals surface area contributed by atoms with Gasteiger partial charge in [0.15, 0.2) is 5.75 Å². The average molecular weight is 853 g/mol. The summed E-state index contributed by atoms with van der Waals surface area (Å²) in [5, 5.41) is 64.6. The molecule has 15 heteroatoms. The third-order valence-corrected chi connectivity index (χ3v) is 12.0. The normalized spacial score (nSPS) is 30.0. The van der Waals surface area contributed by atoms with E-state index >= 15 is 0 Å². The zero-order valence-electron chi connectivity index (χ0n) is 37.1. The molecule has 0 saturated heterocycles. The number of esters is 1. The number of methoxy groups -OCH3 is 1. The van der Waals surface area contributed by atoms with E-state index in [9.17, 15) is 39.9 Å². The van der Waals surface area contributed by atoms with Crippen LogP contribution in [-0.4, -0.2) is 92.8 Å². The fraction of sp³-hybridized carbons (Fsp3) is 0.565. The lowest BCUT2D eigenvalue weighted by atomic mass is 9.78. The van der Waals surface area contributed by atoms with E-state index in [2.05, 4.69) is 17.4 Å². The number of carbonyl (C=O) groups excluding carboxylic acids is 3. The van der Waals surface area contributed by atoms with Gasteiger partial charge in [0, 0.05) is 61.2 Å². The van der Waals surface area contributed by atoms with Gasteiger partial charge in [0.25, 0.3) is 11.7 Å². The lowest BCUT2D eigenvalue weighted by molar-refractivity contribution is -0.160. The average Bonchev–Trinajstić information content (AvgIpc) is 3.49. The van der Waals surface area contributed by atoms with Gasteiger partial charge in [-0.05, 0) is 39.2 Å². The molecule has 10 unspecified atom stereocenters. The predicted octanol–water partition coefficient (Wildman–Crippen LogP) is 7.46. The quantitative estimate of drug-likeness (QED) is 0.0342. The van der Waals surface area contributed by atoms with E-state index in [4.69, 9.17) is 23.8 Å². The van der Waals surface area contributed by atoms with Crippen molar-refractivity contribution in [3.05, 3.63) is 52.8 Å². The fourth-order valence-electron chi connectivity index (χ4n) is 8.00. The third kappa shape index (κ3) is 10.3. The van der Waals surface area contributed by atoms with Gasteiger partial charge >= 0.3 is 11.8 Å². The Balaban J connectivity index is 1.96. The summed E-state index contributed by atoms with van der Waals surface area (Å²) < 4.78 is 23.6. The van der Waals surface area contributed by atoms with Crippen LogP contribution in [-0.2, 0) is 28.6 Å². The summed E-state index contributed by atoms with van der Waals surface area (Å²) in [7, 11) is 1.43. The summed E-state index contributed by atoms with van der Waals surface area (Å²) in [5.74, 6) is -8.57. The highest BCUT2D eigenvalue weighted by atomic mass is 16.7. The number of aliphatic hydroxyl groups is 2. The predicted molar refractivity (Wildman–Crippen MR) is 231 cm³/mol. The minimum atomic E-state index is -2.06. The number of aliphatic hydroxyl groups excluding tert-OH is 2. The maximum absolute atomic E-state index is 14.4. The number of phenols is 3. The molecule has 0 aromatic heterocycles. The first-order valence-electron chi connectivity index (χ1n) is 21.0. The Kier molecular flexibility index (Phi) is 16.4. The summed E-state index contributed by atoms with van der Waals surface area (Å²) >= 11 is 0. The maximum atomic E-state index is 14.4. The monoisotopic (exact) mass is 852 g/mol. The molecule has 15 nitrogen and oxygen atoms in total.